The molecule has 0 radical (unpaired) electrons. The summed E-state index contributed by atoms with van der Waals surface area (Å²) in [7, 11) is 1.63. The van der Waals surface area contributed by atoms with Crippen molar-refractivity contribution in [2.45, 2.75) is 26.8 Å². The quantitative estimate of drug-likeness (QED) is 0.691. The van der Waals surface area contributed by atoms with E-state index in [-0.39, 0.29) is 11.9 Å². The Bertz CT molecular complexity index is 921. The lowest BCUT2D eigenvalue weighted by Crippen LogP contribution is -2.46. The number of allylic oxidation sites excluding steroid dienone is 1. The van der Waals surface area contributed by atoms with E-state index in [0.29, 0.717) is 23.2 Å². The summed E-state index contributed by atoms with van der Waals surface area (Å²) in [6, 6.07) is 11.7. The predicted molar refractivity (Wildman–Crippen MR) is 113 cm³/mol. The SMILES string of the molecule is CNC(=O)C1=C(C)NC(=S)N[C@@H]1c1ccc(OCC(C)C)c2ccccc12. The van der Waals surface area contributed by atoms with Gasteiger partial charge in [-0.15, -0.1) is 0 Å². The minimum Gasteiger partial charge on any atom is -0.493 e. The van der Waals surface area contributed by atoms with Crippen LogP contribution in [-0.2, 0) is 4.79 Å². The van der Waals surface area contributed by atoms with Gasteiger partial charge < -0.3 is 20.7 Å². The topological polar surface area (TPSA) is 62.4 Å². The summed E-state index contributed by atoms with van der Waals surface area (Å²) < 4.78 is 6.01. The Labute approximate surface area is 165 Å². The number of ether oxygens (including phenoxy) is 1. The van der Waals surface area contributed by atoms with Crippen LogP contribution in [0.15, 0.2) is 47.7 Å². The molecule has 0 unspecified atom stereocenters. The van der Waals surface area contributed by atoms with E-state index in [9.17, 15) is 4.79 Å². The third kappa shape index (κ3) is 3.90. The Morgan fingerprint density at radius 3 is 2.59 bits per heavy atom. The summed E-state index contributed by atoms with van der Waals surface area (Å²) in [5.74, 6) is 1.16. The molecule has 1 aliphatic heterocycles. The lowest BCUT2D eigenvalue weighted by molar-refractivity contribution is -0.117. The molecule has 1 heterocycles. The zero-order valence-electron chi connectivity index (χ0n) is 16.1. The average molecular weight is 384 g/mol. The van der Waals surface area contributed by atoms with Crippen molar-refractivity contribution in [3.63, 3.8) is 0 Å². The molecule has 0 aliphatic carbocycles. The number of amides is 1. The Balaban J connectivity index is 2.13. The molecular weight excluding hydrogens is 358 g/mol. The van der Waals surface area contributed by atoms with Gasteiger partial charge in [-0.2, -0.15) is 0 Å². The highest BCUT2D eigenvalue weighted by molar-refractivity contribution is 7.80. The summed E-state index contributed by atoms with van der Waals surface area (Å²) in [6.45, 7) is 6.77. The van der Waals surface area contributed by atoms with Gasteiger partial charge in [0.1, 0.15) is 5.75 Å². The molecular formula is C21H25N3O2S. The minimum absolute atomic E-state index is 0.135. The van der Waals surface area contributed by atoms with Gasteiger partial charge in [0, 0.05) is 18.1 Å². The first-order chi connectivity index (χ1) is 12.9. The van der Waals surface area contributed by atoms with E-state index in [4.69, 9.17) is 17.0 Å². The smallest absolute Gasteiger partial charge is 0.251 e. The van der Waals surface area contributed by atoms with E-state index in [2.05, 4.69) is 35.9 Å². The first-order valence-electron chi connectivity index (χ1n) is 9.07. The highest BCUT2D eigenvalue weighted by Crippen LogP contribution is 2.36. The molecule has 5 nitrogen and oxygen atoms in total. The average Bonchev–Trinajstić information content (AvgIpc) is 2.64. The van der Waals surface area contributed by atoms with Crippen molar-refractivity contribution in [3.05, 3.63) is 53.2 Å². The molecule has 0 bridgehead atoms. The van der Waals surface area contributed by atoms with Crippen LogP contribution in [0.5, 0.6) is 5.75 Å². The maximum atomic E-state index is 12.5. The summed E-state index contributed by atoms with van der Waals surface area (Å²) in [4.78, 5) is 12.5. The van der Waals surface area contributed by atoms with E-state index in [1.807, 2.05) is 37.3 Å². The largest absolute Gasteiger partial charge is 0.493 e. The maximum Gasteiger partial charge on any atom is 0.251 e. The molecule has 3 rings (SSSR count). The van der Waals surface area contributed by atoms with Gasteiger partial charge in [0.05, 0.1) is 18.2 Å². The summed E-state index contributed by atoms with van der Waals surface area (Å²) in [6.07, 6.45) is 0. The molecule has 0 saturated heterocycles. The molecule has 1 atom stereocenters. The van der Waals surface area contributed by atoms with Crippen LogP contribution in [0.1, 0.15) is 32.4 Å². The number of benzene rings is 2. The van der Waals surface area contributed by atoms with Gasteiger partial charge in [0.2, 0.25) is 0 Å². The van der Waals surface area contributed by atoms with Crippen molar-refractivity contribution in [2.75, 3.05) is 13.7 Å². The van der Waals surface area contributed by atoms with Crippen LogP contribution in [0.4, 0.5) is 0 Å². The van der Waals surface area contributed by atoms with Crippen LogP contribution >= 0.6 is 12.2 Å². The lowest BCUT2D eigenvalue weighted by atomic mass is 9.91. The molecule has 27 heavy (non-hydrogen) atoms. The van der Waals surface area contributed by atoms with E-state index < -0.39 is 0 Å². The molecule has 1 aliphatic rings. The Kier molecular flexibility index (Phi) is 5.65. The van der Waals surface area contributed by atoms with Crippen molar-refractivity contribution in [2.24, 2.45) is 5.92 Å². The van der Waals surface area contributed by atoms with Gasteiger partial charge in [-0.05, 0) is 42.1 Å². The second-order valence-corrected chi connectivity index (χ2v) is 7.46. The van der Waals surface area contributed by atoms with Gasteiger partial charge in [0.15, 0.2) is 5.11 Å². The molecule has 0 spiro atoms. The van der Waals surface area contributed by atoms with Crippen molar-refractivity contribution in [1.29, 1.82) is 0 Å². The van der Waals surface area contributed by atoms with Crippen molar-refractivity contribution >= 4 is 34.0 Å². The number of hydrogen-bond acceptors (Lipinski definition) is 3. The van der Waals surface area contributed by atoms with Crippen molar-refractivity contribution in [3.8, 4) is 5.75 Å². The monoisotopic (exact) mass is 383 g/mol. The fraction of sp³-hybridized carbons (Fsp3) is 0.333. The summed E-state index contributed by atoms with van der Waals surface area (Å²) in [5.41, 5.74) is 2.38. The second-order valence-electron chi connectivity index (χ2n) is 7.05. The van der Waals surface area contributed by atoms with Crippen molar-refractivity contribution in [1.82, 2.24) is 16.0 Å². The molecule has 2 aromatic carbocycles. The van der Waals surface area contributed by atoms with Gasteiger partial charge in [-0.25, -0.2) is 0 Å². The van der Waals surface area contributed by atoms with Crippen LogP contribution in [0, 0.1) is 5.92 Å². The van der Waals surface area contributed by atoms with Crippen molar-refractivity contribution < 1.29 is 9.53 Å². The van der Waals surface area contributed by atoms with E-state index in [1.165, 1.54) is 0 Å². The van der Waals surface area contributed by atoms with Crippen LogP contribution in [0.25, 0.3) is 10.8 Å². The molecule has 0 aromatic heterocycles. The van der Waals surface area contributed by atoms with Gasteiger partial charge in [-0.1, -0.05) is 44.2 Å². The molecule has 0 saturated carbocycles. The molecule has 6 heteroatoms. The van der Waals surface area contributed by atoms with E-state index in [0.717, 1.165) is 27.8 Å². The van der Waals surface area contributed by atoms with Gasteiger partial charge in [-0.3, -0.25) is 4.79 Å². The number of rotatable bonds is 5. The molecule has 1 amide bonds. The fourth-order valence-electron chi connectivity index (χ4n) is 3.29. The molecule has 3 N–H and O–H groups in total. The summed E-state index contributed by atoms with van der Waals surface area (Å²) >= 11 is 5.34. The third-order valence-corrected chi connectivity index (χ3v) is 4.76. The minimum atomic E-state index is -0.331. The summed E-state index contributed by atoms with van der Waals surface area (Å²) in [5, 5.41) is 11.6. The van der Waals surface area contributed by atoms with Crippen LogP contribution in [0.3, 0.4) is 0 Å². The van der Waals surface area contributed by atoms with Gasteiger partial charge >= 0.3 is 0 Å². The number of hydrogen-bond donors (Lipinski definition) is 3. The number of carbonyl (C=O) groups excluding carboxylic acids is 1. The standard InChI is InChI=1S/C21H25N3O2S/c1-12(2)11-26-17-10-9-16(14-7-5-6-8-15(14)17)19-18(20(25)22-4)13(3)23-21(27)24-19/h5-10,12,19H,11H2,1-4H3,(H,22,25)(H2,23,24,27)/t19-/m1/s1. The second kappa shape index (κ2) is 7.96. The molecule has 0 fully saturated rings. The number of likely N-dealkylation sites (N-methyl/N-ethyl adjacent to an activating group) is 1. The highest BCUT2D eigenvalue weighted by Gasteiger charge is 2.30. The predicted octanol–water partition coefficient (Wildman–Crippen LogP) is 3.41. The van der Waals surface area contributed by atoms with E-state index in [1.54, 1.807) is 7.05 Å². The number of fused-ring (bicyclic) bond motifs is 1. The number of nitrogens with one attached hydrogen (secondary N) is 3. The van der Waals surface area contributed by atoms with E-state index >= 15 is 0 Å². The molecule has 142 valence electrons. The number of carbonyl (C=O) groups is 1. The first kappa shape index (κ1) is 19.2. The third-order valence-electron chi connectivity index (χ3n) is 4.54. The van der Waals surface area contributed by atoms with Gasteiger partial charge in [0.25, 0.3) is 5.91 Å². The zero-order chi connectivity index (χ0) is 19.6. The Hall–Kier alpha value is -2.60. The van der Waals surface area contributed by atoms with Crippen LogP contribution in [-0.4, -0.2) is 24.7 Å². The lowest BCUT2D eigenvalue weighted by Gasteiger charge is -2.31. The Morgan fingerprint density at radius 2 is 1.93 bits per heavy atom. The van der Waals surface area contributed by atoms with Crippen LogP contribution < -0.4 is 20.7 Å². The fourth-order valence-corrected chi connectivity index (χ4v) is 3.56. The van der Waals surface area contributed by atoms with Crippen LogP contribution in [0.2, 0.25) is 0 Å². The Morgan fingerprint density at radius 1 is 1.22 bits per heavy atom. The highest BCUT2D eigenvalue weighted by atomic mass is 32.1. The zero-order valence-corrected chi connectivity index (χ0v) is 16.9. The maximum absolute atomic E-state index is 12.5. The first-order valence-corrected chi connectivity index (χ1v) is 9.48. The normalized spacial score (nSPS) is 16.9. The molecule has 2 aromatic rings. The number of thiocarbonyl (C=S) groups is 1.